The molecule has 0 radical (unpaired) electrons. The third-order valence-electron chi connectivity index (χ3n) is 2.57. The fourth-order valence-corrected chi connectivity index (χ4v) is 1.80. The van der Waals surface area contributed by atoms with Gasteiger partial charge in [-0.15, -0.1) is 0 Å². The van der Waals surface area contributed by atoms with E-state index in [4.69, 9.17) is 9.47 Å². The summed E-state index contributed by atoms with van der Waals surface area (Å²) in [6.45, 7) is 3.67. The van der Waals surface area contributed by atoms with E-state index in [1.165, 1.54) is 0 Å². The minimum Gasteiger partial charge on any atom is -0.494 e. The van der Waals surface area contributed by atoms with E-state index >= 15 is 0 Å². The summed E-state index contributed by atoms with van der Waals surface area (Å²) in [4.78, 5) is 0. The van der Waals surface area contributed by atoms with Crippen LogP contribution in [0.1, 0.15) is 25.5 Å². The lowest BCUT2D eigenvalue weighted by molar-refractivity contribution is -0.175. The summed E-state index contributed by atoms with van der Waals surface area (Å²) in [7, 11) is 0. The van der Waals surface area contributed by atoms with Crippen LogP contribution in [0.25, 0.3) is 0 Å². The molecule has 0 heterocycles. The van der Waals surface area contributed by atoms with Gasteiger partial charge in [-0.2, -0.15) is 13.2 Å². The Morgan fingerprint density at radius 3 is 2.60 bits per heavy atom. The molecule has 1 unspecified atom stereocenters. The molecule has 0 aliphatic rings. The molecule has 114 valence electrons. The summed E-state index contributed by atoms with van der Waals surface area (Å²) in [6.07, 6.45) is -4.30. The van der Waals surface area contributed by atoms with E-state index in [1.807, 2.05) is 38.1 Å². The standard InChI is InChI=1S/C14H20F3NO2/c1-3-18-13(9-19-10-14(15,16)17)11-6-5-7-12(8-11)20-4-2/h5-8,13,18H,3-4,9-10H2,1-2H3. The van der Waals surface area contributed by atoms with Crippen molar-refractivity contribution in [1.82, 2.24) is 5.32 Å². The van der Waals surface area contributed by atoms with Gasteiger partial charge < -0.3 is 14.8 Å². The Bertz CT molecular complexity index is 396. The van der Waals surface area contributed by atoms with Crippen molar-refractivity contribution in [3.63, 3.8) is 0 Å². The van der Waals surface area contributed by atoms with Crippen LogP contribution >= 0.6 is 0 Å². The van der Waals surface area contributed by atoms with Crippen LogP contribution < -0.4 is 10.1 Å². The van der Waals surface area contributed by atoms with Crippen molar-refractivity contribution in [3.05, 3.63) is 29.8 Å². The van der Waals surface area contributed by atoms with Crippen molar-refractivity contribution >= 4 is 0 Å². The fourth-order valence-electron chi connectivity index (χ4n) is 1.80. The Kier molecular flexibility index (Phi) is 6.81. The van der Waals surface area contributed by atoms with Crippen LogP contribution in [-0.4, -0.2) is 32.5 Å². The number of alkyl halides is 3. The molecular weight excluding hydrogens is 271 g/mol. The number of nitrogens with one attached hydrogen (secondary N) is 1. The lowest BCUT2D eigenvalue weighted by Crippen LogP contribution is -2.28. The molecule has 0 saturated carbocycles. The quantitative estimate of drug-likeness (QED) is 0.797. The van der Waals surface area contributed by atoms with Gasteiger partial charge in [0.25, 0.3) is 0 Å². The zero-order chi connectivity index (χ0) is 15.0. The number of rotatable bonds is 8. The van der Waals surface area contributed by atoms with E-state index in [-0.39, 0.29) is 12.6 Å². The van der Waals surface area contributed by atoms with Crippen molar-refractivity contribution < 1.29 is 22.6 Å². The number of ether oxygens (including phenoxy) is 2. The summed E-state index contributed by atoms with van der Waals surface area (Å²) in [6, 6.07) is 6.99. The molecule has 1 aromatic carbocycles. The first-order chi connectivity index (χ1) is 9.46. The van der Waals surface area contributed by atoms with Gasteiger partial charge >= 0.3 is 6.18 Å². The lowest BCUT2D eigenvalue weighted by atomic mass is 10.1. The second-order valence-electron chi connectivity index (χ2n) is 4.25. The first-order valence-corrected chi connectivity index (χ1v) is 6.57. The Morgan fingerprint density at radius 2 is 2.00 bits per heavy atom. The Hall–Kier alpha value is -1.27. The highest BCUT2D eigenvalue weighted by Crippen LogP contribution is 2.21. The summed E-state index contributed by atoms with van der Waals surface area (Å²) in [5.41, 5.74) is 0.847. The molecule has 0 aliphatic carbocycles. The number of benzene rings is 1. The van der Waals surface area contributed by atoms with E-state index in [0.717, 1.165) is 5.56 Å². The number of hydrogen-bond acceptors (Lipinski definition) is 3. The van der Waals surface area contributed by atoms with Gasteiger partial charge in [-0.05, 0) is 31.2 Å². The highest BCUT2D eigenvalue weighted by Gasteiger charge is 2.28. The number of halogens is 3. The molecule has 1 atom stereocenters. The van der Waals surface area contributed by atoms with E-state index < -0.39 is 12.8 Å². The van der Waals surface area contributed by atoms with Crippen LogP contribution in [-0.2, 0) is 4.74 Å². The van der Waals surface area contributed by atoms with Crippen molar-refractivity contribution in [2.24, 2.45) is 0 Å². The van der Waals surface area contributed by atoms with E-state index in [2.05, 4.69) is 5.32 Å². The Labute approximate surface area is 117 Å². The third kappa shape index (κ3) is 6.25. The summed E-state index contributed by atoms with van der Waals surface area (Å²) < 4.78 is 46.4. The second kappa shape index (κ2) is 8.11. The van der Waals surface area contributed by atoms with Gasteiger partial charge in [0, 0.05) is 0 Å². The van der Waals surface area contributed by atoms with Gasteiger partial charge in [-0.25, -0.2) is 0 Å². The Morgan fingerprint density at radius 1 is 1.25 bits per heavy atom. The van der Waals surface area contributed by atoms with Crippen LogP contribution in [0.4, 0.5) is 13.2 Å². The highest BCUT2D eigenvalue weighted by molar-refractivity contribution is 5.30. The molecule has 6 heteroatoms. The highest BCUT2D eigenvalue weighted by atomic mass is 19.4. The predicted octanol–water partition coefficient (Wildman–Crippen LogP) is 3.31. The van der Waals surface area contributed by atoms with Gasteiger partial charge in [0.2, 0.25) is 0 Å². The van der Waals surface area contributed by atoms with Crippen molar-refractivity contribution in [2.45, 2.75) is 26.1 Å². The van der Waals surface area contributed by atoms with Crippen molar-refractivity contribution in [1.29, 1.82) is 0 Å². The van der Waals surface area contributed by atoms with Gasteiger partial charge in [-0.3, -0.25) is 0 Å². The predicted molar refractivity (Wildman–Crippen MR) is 70.9 cm³/mol. The molecule has 0 amide bonds. The van der Waals surface area contributed by atoms with E-state index in [0.29, 0.717) is 18.9 Å². The van der Waals surface area contributed by atoms with Crippen LogP contribution in [0.2, 0.25) is 0 Å². The second-order valence-corrected chi connectivity index (χ2v) is 4.25. The number of hydrogen-bond donors (Lipinski definition) is 1. The SMILES string of the molecule is CCNC(COCC(F)(F)F)c1cccc(OCC)c1. The minimum atomic E-state index is -4.30. The first-order valence-electron chi connectivity index (χ1n) is 6.57. The molecule has 0 spiro atoms. The fraction of sp³-hybridized carbons (Fsp3) is 0.571. The number of likely N-dealkylation sites (N-methyl/N-ethyl adjacent to an activating group) is 1. The molecule has 1 aromatic rings. The molecule has 3 nitrogen and oxygen atoms in total. The maximum Gasteiger partial charge on any atom is 0.411 e. The summed E-state index contributed by atoms with van der Waals surface area (Å²) in [5.74, 6) is 0.698. The molecular formula is C14H20F3NO2. The van der Waals surface area contributed by atoms with Crippen molar-refractivity contribution in [3.8, 4) is 5.75 Å². The molecule has 0 bridgehead atoms. The Balaban J connectivity index is 2.67. The van der Waals surface area contributed by atoms with E-state index in [1.54, 1.807) is 0 Å². The molecule has 20 heavy (non-hydrogen) atoms. The summed E-state index contributed by atoms with van der Waals surface area (Å²) >= 11 is 0. The molecule has 1 rings (SSSR count). The normalized spacial score (nSPS) is 13.2. The average molecular weight is 291 g/mol. The smallest absolute Gasteiger partial charge is 0.411 e. The largest absolute Gasteiger partial charge is 0.494 e. The first kappa shape index (κ1) is 16.8. The van der Waals surface area contributed by atoms with Crippen molar-refractivity contribution in [2.75, 3.05) is 26.4 Å². The van der Waals surface area contributed by atoms with Gasteiger partial charge in [0.15, 0.2) is 0 Å². The van der Waals surface area contributed by atoms with Gasteiger partial charge in [0.05, 0.1) is 19.3 Å². The zero-order valence-corrected chi connectivity index (χ0v) is 11.7. The summed E-state index contributed by atoms with van der Waals surface area (Å²) in [5, 5.41) is 3.11. The zero-order valence-electron chi connectivity index (χ0n) is 11.7. The van der Waals surface area contributed by atoms with Crippen LogP contribution in [0, 0.1) is 0 Å². The topological polar surface area (TPSA) is 30.5 Å². The molecule has 0 fully saturated rings. The maximum absolute atomic E-state index is 12.1. The maximum atomic E-state index is 12.1. The third-order valence-corrected chi connectivity index (χ3v) is 2.57. The van der Waals surface area contributed by atoms with E-state index in [9.17, 15) is 13.2 Å². The van der Waals surface area contributed by atoms with Gasteiger partial charge in [0.1, 0.15) is 12.4 Å². The van der Waals surface area contributed by atoms with Gasteiger partial charge in [-0.1, -0.05) is 19.1 Å². The van der Waals surface area contributed by atoms with Crippen LogP contribution in [0.3, 0.4) is 0 Å². The molecule has 0 aliphatic heterocycles. The monoisotopic (exact) mass is 291 g/mol. The minimum absolute atomic E-state index is 0.0388. The molecule has 0 aromatic heterocycles. The average Bonchev–Trinajstić information content (AvgIpc) is 2.37. The van der Waals surface area contributed by atoms with Crippen LogP contribution in [0.15, 0.2) is 24.3 Å². The molecule has 0 saturated heterocycles. The van der Waals surface area contributed by atoms with Crippen LogP contribution in [0.5, 0.6) is 5.75 Å². The lowest BCUT2D eigenvalue weighted by Gasteiger charge is -2.19. The molecule has 1 N–H and O–H groups in total.